The quantitative estimate of drug-likeness (QED) is 0.578. The van der Waals surface area contributed by atoms with Crippen molar-refractivity contribution in [2.75, 3.05) is 0 Å². The largest absolute Gasteiger partial charge is 0.442 e. The van der Waals surface area contributed by atoms with E-state index in [2.05, 4.69) is 4.84 Å². The molecule has 0 spiro atoms. The maximum absolute atomic E-state index is 11.1. The van der Waals surface area contributed by atoms with Crippen molar-refractivity contribution in [2.24, 2.45) is 5.92 Å². The molecular formula is C11H17NO4. The van der Waals surface area contributed by atoms with Gasteiger partial charge < -0.3 is 9.57 Å². The van der Waals surface area contributed by atoms with Gasteiger partial charge in [0.15, 0.2) is 0 Å². The second kappa shape index (κ2) is 5.01. The average molecular weight is 227 g/mol. The van der Waals surface area contributed by atoms with Gasteiger partial charge in [0.2, 0.25) is 0 Å². The summed E-state index contributed by atoms with van der Waals surface area (Å²) in [7, 11) is 0. The van der Waals surface area contributed by atoms with E-state index in [-0.39, 0.29) is 0 Å². The van der Waals surface area contributed by atoms with E-state index in [1.807, 2.05) is 5.48 Å². The standard InChI is InChI=1S/C11H17NO4/c1-11(2,3)15-10(14)12-16-9(13)7-6-8-4-5-8/h6-8H,4-5H2,1-3H3,(H,12,14). The van der Waals surface area contributed by atoms with Gasteiger partial charge in [-0.2, -0.15) is 0 Å². The Hall–Kier alpha value is -1.52. The zero-order valence-electron chi connectivity index (χ0n) is 9.78. The number of hydroxylamine groups is 1. The van der Waals surface area contributed by atoms with Crippen molar-refractivity contribution < 1.29 is 19.2 Å². The Morgan fingerprint density at radius 2 is 1.94 bits per heavy atom. The lowest BCUT2D eigenvalue weighted by Gasteiger charge is -2.18. The SMILES string of the molecule is CC(C)(C)OC(=O)NOC(=O)C=CC1CC1. The van der Waals surface area contributed by atoms with E-state index in [0.717, 1.165) is 12.8 Å². The van der Waals surface area contributed by atoms with Crippen molar-refractivity contribution in [3.63, 3.8) is 0 Å². The Balaban J connectivity index is 2.17. The Labute approximate surface area is 94.7 Å². The maximum atomic E-state index is 11.1. The zero-order chi connectivity index (χ0) is 12.2. The van der Waals surface area contributed by atoms with E-state index >= 15 is 0 Å². The van der Waals surface area contributed by atoms with Crippen molar-refractivity contribution in [2.45, 2.75) is 39.2 Å². The maximum Gasteiger partial charge on any atom is 0.441 e. The van der Waals surface area contributed by atoms with Crippen LogP contribution < -0.4 is 5.48 Å². The molecule has 0 aromatic rings. The molecule has 0 saturated heterocycles. The third kappa shape index (κ3) is 6.06. The van der Waals surface area contributed by atoms with Gasteiger partial charge in [0.25, 0.3) is 0 Å². The van der Waals surface area contributed by atoms with Crippen LogP contribution in [0.3, 0.4) is 0 Å². The molecule has 0 heterocycles. The van der Waals surface area contributed by atoms with Crippen molar-refractivity contribution >= 4 is 12.1 Å². The summed E-state index contributed by atoms with van der Waals surface area (Å²) in [5.74, 6) is -0.105. The van der Waals surface area contributed by atoms with Gasteiger partial charge >= 0.3 is 12.1 Å². The van der Waals surface area contributed by atoms with Gasteiger partial charge in [-0.05, 0) is 39.5 Å². The molecular weight excluding hydrogens is 210 g/mol. The molecule has 0 unspecified atom stereocenters. The van der Waals surface area contributed by atoms with E-state index in [1.54, 1.807) is 26.8 Å². The molecule has 0 aromatic carbocycles. The lowest BCUT2D eigenvalue weighted by Crippen LogP contribution is -2.33. The Morgan fingerprint density at radius 1 is 1.31 bits per heavy atom. The summed E-state index contributed by atoms with van der Waals surface area (Å²) in [6.45, 7) is 5.17. The molecule has 1 amide bonds. The summed E-state index contributed by atoms with van der Waals surface area (Å²) >= 11 is 0. The first-order valence-corrected chi connectivity index (χ1v) is 5.25. The highest BCUT2D eigenvalue weighted by Crippen LogP contribution is 2.29. The number of nitrogens with one attached hydrogen (secondary N) is 1. The summed E-state index contributed by atoms with van der Waals surface area (Å²) in [4.78, 5) is 26.6. The van der Waals surface area contributed by atoms with Crippen molar-refractivity contribution in [3.05, 3.63) is 12.2 Å². The molecule has 1 rings (SSSR count). The van der Waals surface area contributed by atoms with Crippen LogP contribution in [-0.4, -0.2) is 17.7 Å². The topological polar surface area (TPSA) is 64.6 Å². The van der Waals surface area contributed by atoms with Crippen molar-refractivity contribution in [1.29, 1.82) is 0 Å². The summed E-state index contributed by atoms with van der Waals surface area (Å²) in [5, 5.41) is 0. The van der Waals surface area contributed by atoms with E-state index in [4.69, 9.17) is 4.74 Å². The number of allylic oxidation sites excluding steroid dienone is 1. The van der Waals surface area contributed by atoms with Gasteiger partial charge in [0, 0.05) is 6.08 Å². The Morgan fingerprint density at radius 3 is 2.44 bits per heavy atom. The highest BCUT2D eigenvalue weighted by Gasteiger charge is 2.19. The highest BCUT2D eigenvalue weighted by molar-refractivity contribution is 5.83. The fraction of sp³-hybridized carbons (Fsp3) is 0.636. The number of ether oxygens (including phenoxy) is 1. The van der Waals surface area contributed by atoms with E-state index in [9.17, 15) is 9.59 Å². The molecule has 1 N–H and O–H groups in total. The third-order valence-corrected chi connectivity index (χ3v) is 1.76. The molecule has 0 aromatic heterocycles. The summed E-state index contributed by atoms with van der Waals surface area (Å²) in [6, 6.07) is 0. The molecule has 1 saturated carbocycles. The van der Waals surface area contributed by atoms with Crippen LogP contribution in [0.2, 0.25) is 0 Å². The molecule has 1 aliphatic rings. The second-order valence-electron chi connectivity index (χ2n) is 4.72. The van der Waals surface area contributed by atoms with Crippen LogP contribution in [-0.2, 0) is 14.4 Å². The molecule has 0 radical (unpaired) electrons. The molecule has 90 valence electrons. The summed E-state index contributed by atoms with van der Waals surface area (Å²) in [5.41, 5.74) is 1.31. The minimum absolute atomic E-state index is 0.495. The predicted octanol–water partition coefficient (Wildman–Crippen LogP) is 1.94. The van der Waals surface area contributed by atoms with E-state index in [1.165, 1.54) is 6.08 Å². The lowest BCUT2D eigenvalue weighted by atomic mass is 10.2. The molecule has 1 fully saturated rings. The van der Waals surface area contributed by atoms with Crippen LogP contribution in [0.1, 0.15) is 33.6 Å². The van der Waals surface area contributed by atoms with Crippen LogP contribution in [0.15, 0.2) is 12.2 Å². The first-order valence-electron chi connectivity index (χ1n) is 5.25. The number of hydrogen-bond acceptors (Lipinski definition) is 4. The summed E-state index contributed by atoms with van der Waals surface area (Å²) < 4.78 is 4.87. The van der Waals surface area contributed by atoms with Crippen LogP contribution in [0.4, 0.5) is 4.79 Å². The van der Waals surface area contributed by atoms with Crippen LogP contribution in [0, 0.1) is 5.92 Å². The number of carbonyl (C=O) groups excluding carboxylic acids is 2. The van der Waals surface area contributed by atoms with Gasteiger partial charge in [-0.3, -0.25) is 0 Å². The van der Waals surface area contributed by atoms with Gasteiger partial charge in [0.05, 0.1) is 0 Å². The lowest BCUT2D eigenvalue weighted by molar-refractivity contribution is -0.144. The molecule has 16 heavy (non-hydrogen) atoms. The molecule has 0 atom stereocenters. The van der Waals surface area contributed by atoms with Crippen LogP contribution >= 0.6 is 0 Å². The normalized spacial score (nSPS) is 15.9. The first-order chi connectivity index (χ1) is 7.37. The molecule has 5 heteroatoms. The minimum atomic E-state index is -0.777. The van der Waals surface area contributed by atoms with Gasteiger partial charge in [-0.1, -0.05) is 6.08 Å². The van der Waals surface area contributed by atoms with Gasteiger partial charge in [-0.25, -0.2) is 9.59 Å². The number of carbonyl (C=O) groups is 2. The molecule has 5 nitrogen and oxygen atoms in total. The van der Waals surface area contributed by atoms with E-state index < -0.39 is 17.7 Å². The van der Waals surface area contributed by atoms with Gasteiger partial charge in [-0.15, -0.1) is 5.48 Å². The smallest absolute Gasteiger partial charge is 0.441 e. The first kappa shape index (κ1) is 12.5. The second-order valence-corrected chi connectivity index (χ2v) is 4.72. The number of hydrogen-bond donors (Lipinski definition) is 1. The van der Waals surface area contributed by atoms with Crippen molar-refractivity contribution in [3.8, 4) is 0 Å². The zero-order valence-corrected chi connectivity index (χ0v) is 9.78. The highest BCUT2D eigenvalue weighted by atomic mass is 16.7. The molecule has 0 aliphatic heterocycles. The average Bonchev–Trinajstić information content (AvgIpc) is 2.92. The van der Waals surface area contributed by atoms with E-state index in [0.29, 0.717) is 5.92 Å². The van der Waals surface area contributed by atoms with Crippen LogP contribution in [0.5, 0.6) is 0 Å². The van der Waals surface area contributed by atoms with Gasteiger partial charge in [0.1, 0.15) is 5.60 Å². The predicted molar refractivity (Wildman–Crippen MR) is 57.3 cm³/mol. The minimum Gasteiger partial charge on any atom is -0.442 e. The summed E-state index contributed by atoms with van der Waals surface area (Å²) in [6.07, 6.45) is 4.54. The fourth-order valence-electron chi connectivity index (χ4n) is 0.928. The third-order valence-electron chi connectivity index (χ3n) is 1.76. The van der Waals surface area contributed by atoms with Crippen LogP contribution in [0.25, 0.3) is 0 Å². The Bertz CT molecular complexity index is 300. The number of amides is 1. The molecule has 0 bridgehead atoms. The Kier molecular flexibility index (Phi) is 3.93. The monoisotopic (exact) mass is 227 g/mol. The number of rotatable bonds is 2. The van der Waals surface area contributed by atoms with Crippen molar-refractivity contribution in [1.82, 2.24) is 5.48 Å². The fourth-order valence-corrected chi connectivity index (χ4v) is 0.928. The molecule has 1 aliphatic carbocycles.